The summed E-state index contributed by atoms with van der Waals surface area (Å²) in [5.41, 5.74) is 1.50. The molecular formula is C22H25N3O4. The summed E-state index contributed by atoms with van der Waals surface area (Å²) in [4.78, 5) is 30.5. The Labute approximate surface area is 168 Å². The van der Waals surface area contributed by atoms with Gasteiger partial charge in [0.2, 0.25) is 18.2 Å². The van der Waals surface area contributed by atoms with Crippen LogP contribution in [0.25, 0.3) is 21.9 Å². The first kappa shape index (κ1) is 19.4. The van der Waals surface area contributed by atoms with Crippen molar-refractivity contribution in [3.8, 4) is 0 Å². The maximum Gasteiger partial charge on any atom is 0.233 e. The number of hydroxylamine groups is 2. The number of likely N-dealkylation sites (tertiary alicyclic amines) is 1. The Morgan fingerprint density at radius 1 is 1.38 bits per heavy atom. The molecule has 1 N–H and O–H groups in total. The number of hydrogen-bond donors (Lipinski definition) is 1. The molecule has 0 radical (unpaired) electrons. The van der Waals surface area contributed by atoms with E-state index >= 15 is 0 Å². The minimum atomic E-state index is -0.442. The van der Waals surface area contributed by atoms with Crippen LogP contribution in [0.2, 0.25) is 0 Å². The smallest absolute Gasteiger partial charge is 0.233 e. The lowest BCUT2D eigenvalue weighted by Gasteiger charge is -2.28. The van der Waals surface area contributed by atoms with E-state index in [4.69, 9.17) is 4.42 Å². The first-order valence-electron chi connectivity index (χ1n) is 10.1. The fourth-order valence-electron chi connectivity index (χ4n) is 4.21. The Morgan fingerprint density at radius 2 is 2.14 bits per heavy atom. The van der Waals surface area contributed by atoms with Crippen LogP contribution in [0, 0.1) is 5.92 Å². The molecule has 1 aliphatic rings. The van der Waals surface area contributed by atoms with E-state index in [2.05, 4.69) is 4.98 Å². The summed E-state index contributed by atoms with van der Waals surface area (Å²) >= 11 is 0. The van der Waals surface area contributed by atoms with Gasteiger partial charge in [-0.25, -0.2) is 10.0 Å². The highest BCUT2D eigenvalue weighted by Gasteiger charge is 2.36. The van der Waals surface area contributed by atoms with Crippen molar-refractivity contribution in [3.05, 3.63) is 42.3 Å². The average molecular weight is 395 g/mol. The molecule has 2 amide bonds. The number of carbonyl (C=O) groups is 2. The van der Waals surface area contributed by atoms with Gasteiger partial charge < -0.3 is 9.32 Å². The van der Waals surface area contributed by atoms with Crippen molar-refractivity contribution in [1.82, 2.24) is 14.9 Å². The van der Waals surface area contributed by atoms with Crippen molar-refractivity contribution < 1.29 is 19.2 Å². The zero-order valence-electron chi connectivity index (χ0n) is 16.5. The van der Waals surface area contributed by atoms with Crippen molar-refractivity contribution in [2.24, 2.45) is 5.92 Å². The molecule has 2 unspecified atom stereocenters. The van der Waals surface area contributed by atoms with Crippen LogP contribution in [-0.4, -0.2) is 45.6 Å². The van der Waals surface area contributed by atoms with Crippen LogP contribution in [0.5, 0.6) is 0 Å². The molecule has 1 aromatic heterocycles. The maximum atomic E-state index is 13.2. The third-order valence-electron chi connectivity index (χ3n) is 5.61. The Kier molecular flexibility index (Phi) is 5.49. The zero-order chi connectivity index (χ0) is 20.4. The van der Waals surface area contributed by atoms with Gasteiger partial charge >= 0.3 is 0 Å². The monoisotopic (exact) mass is 395 g/mol. The van der Waals surface area contributed by atoms with Crippen LogP contribution in [0.1, 0.15) is 44.5 Å². The minimum Gasteiger partial charge on any atom is -0.438 e. The van der Waals surface area contributed by atoms with Gasteiger partial charge in [0.25, 0.3) is 0 Å². The third-order valence-corrected chi connectivity index (χ3v) is 5.61. The first-order chi connectivity index (χ1) is 14.1. The molecule has 4 rings (SSSR count). The fourth-order valence-corrected chi connectivity index (χ4v) is 4.21. The third kappa shape index (κ3) is 3.82. The number of amides is 2. The summed E-state index contributed by atoms with van der Waals surface area (Å²) in [5, 5.41) is 12.3. The van der Waals surface area contributed by atoms with E-state index in [0.717, 1.165) is 35.6 Å². The van der Waals surface area contributed by atoms with Crippen molar-refractivity contribution in [3.63, 3.8) is 0 Å². The second-order valence-electron chi connectivity index (χ2n) is 7.62. The molecule has 0 saturated carbocycles. The molecule has 29 heavy (non-hydrogen) atoms. The topological polar surface area (TPSA) is 86.9 Å². The molecule has 2 atom stereocenters. The molecule has 2 aromatic carbocycles. The number of hydrogen-bond acceptors (Lipinski definition) is 5. The molecule has 1 aliphatic heterocycles. The van der Waals surface area contributed by atoms with Gasteiger partial charge in [0, 0.05) is 6.54 Å². The number of aromatic nitrogens is 1. The molecule has 0 spiro atoms. The average Bonchev–Trinajstić information content (AvgIpc) is 3.37. The first-order valence-corrected chi connectivity index (χ1v) is 10.1. The molecule has 2 heterocycles. The lowest BCUT2D eigenvalue weighted by Crippen LogP contribution is -2.40. The maximum absolute atomic E-state index is 13.2. The van der Waals surface area contributed by atoms with Crippen LogP contribution in [0.4, 0.5) is 0 Å². The molecule has 7 nitrogen and oxygen atoms in total. The van der Waals surface area contributed by atoms with E-state index < -0.39 is 5.92 Å². The summed E-state index contributed by atoms with van der Waals surface area (Å²) in [7, 11) is 0. The number of benzene rings is 2. The van der Waals surface area contributed by atoms with Gasteiger partial charge in [-0.2, -0.15) is 0 Å². The minimum absolute atomic E-state index is 0.00165. The quantitative estimate of drug-likeness (QED) is 0.372. The number of rotatable bonds is 7. The Bertz CT molecular complexity index is 979. The van der Waals surface area contributed by atoms with Crippen molar-refractivity contribution in [2.75, 3.05) is 13.1 Å². The zero-order valence-corrected chi connectivity index (χ0v) is 16.5. The standard InChI is InChI=1S/C22H25N3O4/c1-2-6-17(13-24(28)14-26)22(27)25-10-5-9-19(25)21-23-18-11-15-7-3-4-8-16(15)12-20(18)29-21/h3-4,7-8,11-12,14,17,19,28H,2,5-6,9-10,13H2,1H3. The van der Waals surface area contributed by atoms with Gasteiger partial charge in [0.15, 0.2) is 5.58 Å². The highest BCUT2D eigenvalue weighted by Crippen LogP contribution is 2.35. The summed E-state index contributed by atoms with van der Waals surface area (Å²) in [6.45, 7) is 2.60. The van der Waals surface area contributed by atoms with Crippen LogP contribution >= 0.6 is 0 Å². The van der Waals surface area contributed by atoms with Gasteiger partial charge in [0.1, 0.15) is 11.6 Å². The Balaban J connectivity index is 1.62. The van der Waals surface area contributed by atoms with Gasteiger partial charge in [-0.15, -0.1) is 0 Å². The van der Waals surface area contributed by atoms with Crippen LogP contribution in [0.3, 0.4) is 0 Å². The second-order valence-corrected chi connectivity index (χ2v) is 7.62. The summed E-state index contributed by atoms with van der Waals surface area (Å²) < 4.78 is 6.06. The SMILES string of the molecule is CCCC(CN(O)C=O)C(=O)N1CCCC1c1nc2cc3ccccc3cc2o1. The summed E-state index contributed by atoms with van der Waals surface area (Å²) in [6, 6.07) is 11.8. The lowest BCUT2D eigenvalue weighted by atomic mass is 10.0. The van der Waals surface area contributed by atoms with E-state index in [1.807, 2.05) is 43.3 Å². The van der Waals surface area contributed by atoms with Gasteiger partial charge in [-0.05, 0) is 42.2 Å². The van der Waals surface area contributed by atoms with Crippen LogP contribution in [-0.2, 0) is 9.59 Å². The van der Waals surface area contributed by atoms with E-state index in [1.165, 1.54) is 0 Å². The molecule has 0 aliphatic carbocycles. The van der Waals surface area contributed by atoms with E-state index in [1.54, 1.807) is 4.90 Å². The van der Waals surface area contributed by atoms with Crippen molar-refractivity contribution in [2.45, 2.75) is 38.6 Å². The summed E-state index contributed by atoms with van der Waals surface area (Å²) in [6.07, 6.45) is 3.38. The van der Waals surface area contributed by atoms with Gasteiger partial charge in [-0.1, -0.05) is 37.6 Å². The van der Waals surface area contributed by atoms with E-state index in [9.17, 15) is 14.8 Å². The second kappa shape index (κ2) is 8.21. The van der Waals surface area contributed by atoms with Gasteiger partial charge in [-0.3, -0.25) is 14.8 Å². The van der Waals surface area contributed by atoms with E-state index in [0.29, 0.717) is 35.9 Å². The lowest BCUT2D eigenvalue weighted by molar-refractivity contribution is -0.157. The Morgan fingerprint density at radius 3 is 2.86 bits per heavy atom. The van der Waals surface area contributed by atoms with E-state index in [-0.39, 0.29) is 18.5 Å². The van der Waals surface area contributed by atoms with Crippen LogP contribution < -0.4 is 0 Å². The fraction of sp³-hybridized carbons (Fsp3) is 0.409. The van der Waals surface area contributed by atoms with Gasteiger partial charge in [0.05, 0.1) is 12.5 Å². The predicted octanol–water partition coefficient (Wildman–Crippen LogP) is 3.91. The van der Waals surface area contributed by atoms with Crippen molar-refractivity contribution in [1.29, 1.82) is 0 Å². The predicted molar refractivity (Wildman–Crippen MR) is 108 cm³/mol. The summed E-state index contributed by atoms with van der Waals surface area (Å²) in [5.74, 6) is 0.0399. The molecule has 7 heteroatoms. The number of carbonyl (C=O) groups excluding carboxylic acids is 2. The number of oxazole rings is 1. The molecule has 0 bridgehead atoms. The Hall–Kier alpha value is -2.93. The highest BCUT2D eigenvalue weighted by atomic mass is 16.5. The number of fused-ring (bicyclic) bond motifs is 2. The largest absolute Gasteiger partial charge is 0.438 e. The molecule has 1 fully saturated rings. The molecular weight excluding hydrogens is 370 g/mol. The highest BCUT2D eigenvalue weighted by molar-refractivity contribution is 5.94. The normalized spacial score (nSPS) is 17.7. The van der Waals surface area contributed by atoms with Crippen molar-refractivity contribution >= 4 is 34.2 Å². The molecule has 3 aromatic rings. The molecule has 1 saturated heterocycles. The molecule has 152 valence electrons. The number of nitrogens with zero attached hydrogens (tertiary/aromatic N) is 3. The van der Waals surface area contributed by atoms with Crippen LogP contribution in [0.15, 0.2) is 40.8 Å².